The second-order valence-corrected chi connectivity index (χ2v) is 6.29. The van der Waals surface area contributed by atoms with Gasteiger partial charge in [-0.2, -0.15) is 5.10 Å². The Balaban J connectivity index is 1.96. The summed E-state index contributed by atoms with van der Waals surface area (Å²) in [7, 11) is 0. The SMILES string of the molecule is Clc1cc2ncnn2cc1[C@H]1CC[C@@H](Br)CC1. The van der Waals surface area contributed by atoms with E-state index in [0.717, 1.165) is 10.7 Å². The van der Waals surface area contributed by atoms with E-state index in [1.54, 1.807) is 10.8 Å². The minimum absolute atomic E-state index is 0.560. The highest BCUT2D eigenvalue weighted by Crippen LogP contribution is 2.38. The standard InChI is InChI=1S/C12H13BrClN3/c13-9-3-1-8(2-4-9)10-6-17-12(5-11(10)14)15-7-16-17/h5-9H,1-4H2/t8-,9+. The average Bonchev–Trinajstić information content (AvgIpc) is 2.76. The Morgan fingerprint density at radius 3 is 2.82 bits per heavy atom. The molecule has 2 aromatic heterocycles. The summed E-state index contributed by atoms with van der Waals surface area (Å²) in [4.78, 5) is 4.81. The molecule has 0 amide bonds. The Labute approximate surface area is 113 Å². The molecule has 0 unspecified atom stereocenters. The van der Waals surface area contributed by atoms with Crippen LogP contribution in [0.2, 0.25) is 5.02 Å². The molecule has 2 heterocycles. The van der Waals surface area contributed by atoms with Crippen LogP contribution < -0.4 is 0 Å². The molecule has 0 aromatic carbocycles. The molecular weight excluding hydrogens is 302 g/mol. The summed E-state index contributed by atoms with van der Waals surface area (Å²) in [6.07, 6.45) is 8.41. The summed E-state index contributed by atoms with van der Waals surface area (Å²) in [5, 5.41) is 4.99. The summed E-state index contributed by atoms with van der Waals surface area (Å²) in [5.41, 5.74) is 2.02. The maximum absolute atomic E-state index is 6.34. The molecule has 2 aromatic rings. The van der Waals surface area contributed by atoms with Gasteiger partial charge in [0.1, 0.15) is 6.33 Å². The van der Waals surface area contributed by atoms with E-state index in [9.17, 15) is 0 Å². The average molecular weight is 315 g/mol. The van der Waals surface area contributed by atoms with Gasteiger partial charge in [-0.3, -0.25) is 0 Å². The van der Waals surface area contributed by atoms with Crippen molar-refractivity contribution in [2.75, 3.05) is 0 Å². The van der Waals surface area contributed by atoms with E-state index in [-0.39, 0.29) is 0 Å². The minimum atomic E-state index is 0.560. The van der Waals surface area contributed by atoms with Gasteiger partial charge < -0.3 is 0 Å². The van der Waals surface area contributed by atoms with Crippen molar-refractivity contribution >= 4 is 33.2 Å². The van der Waals surface area contributed by atoms with Crippen LogP contribution in [0.3, 0.4) is 0 Å². The molecule has 0 bridgehead atoms. The van der Waals surface area contributed by atoms with Crippen LogP contribution in [0.4, 0.5) is 0 Å². The van der Waals surface area contributed by atoms with E-state index in [4.69, 9.17) is 11.6 Å². The quantitative estimate of drug-likeness (QED) is 0.749. The molecule has 17 heavy (non-hydrogen) atoms. The van der Waals surface area contributed by atoms with Crippen molar-refractivity contribution in [1.29, 1.82) is 0 Å². The third-order valence-electron chi connectivity index (χ3n) is 3.49. The number of halogens is 2. The van der Waals surface area contributed by atoms with Gasteiger partial charge in [-0.1, -0.05) is 27.5 Å². The van der Waals surface area contributed by atoms with Crippen LogP contribution in [0, 0.1) is 0 Å². The first-order chi connectivity index (χ1) is 8.24. The summed E-state index contributed by atoms with van der Waals surface area (Å²) in [6.45, 7) is 0. The number of pyridine rings is 1. The summed E-state index contributed by atoms with van der Waals surface area (Å²) in [5.74, 6) is 0.560. The van der Waals surface area contributed by atoms with Gasteiger partial charge in [0.2, 0.25) is 0 Å². The van der Waals surface area contributed by atoms with Gasteiger partial charge in [0.15, 0.2) is 5.65 Å². The van der Waals surface area contributed by atoms with Gasteiger partial charge in [0, 0.05) is 22.1 Å². The van der Waals surface area contributed by atoms with E-state index in [2.05, 4.69) is 26.0 Å². The monoisotopic (exact) mass is 313 g/mol. The molecule has 0 N–H and O–H groups in total. The Bertz CT molecular complexity index is 532. The number of nitrogens with zero attached hydrogens (tertiary/aromatic N) is 3. The molecule has 1 aliphatic carbocycles. The molecule has 1 saturated carbocycles. The zero-order valence-electron chi connectivity index (χ0n) is 9.31. The van der Waals surface area contributed by atoms with E-state index in [1.807, 2.05) is 12.3 Å². The normalized spacial score (nSPS) is 25.3. The highest BCUT2D eigenvalue weighted by atomic mass is 79.9. The van der Waals surface area contributed by atoms with Gasteiger partial charge in [-0.05, 0) is 37.2 Å². The lowest BCUT2D eigenvalue weighted by molar-refractivity contribution is 0.456. The highest BCUT2D eigenvalue weighted by molar-refractivity contribution is 9.09. The second-order valence-electron chi connectivity index (χ2n) is 4.59. The molecule has 0 saturated heterocycles. The number of alkyl halides is 1. The maximum atomic E-state index is 6.34. The lowest BCUT2D eigenvalue weighted by Crippen LogP contribution is -2.13. The molecule has 0 radical (unpaired) electrons. The van der Waals surface area contributed by atoms with Crippen molar-refractivity contribution < 1.29 is 0 Å². The van der Waals surface area contributed by atoms with Crippen molar-refractivity contribution in [1.82, 2.24) is 14.6 Å². The largest absolute Gasteiger partial charge is 0.221 e. The third kappa shape index (κ3) is 2.20. The Kier molecular flexibility index (Phi) is 3.09. The molecular formula is C12H13BrClN3. The van der Waals surface area contributed by atoms with Crippen LogP contribution in [0.25, 0.3) is 5.65 Å². The molecule has 1 aliphatic rings. The molecule has 3 nitrogen and oxygen atoms in total. The molecule has 3 rings (SSSR count). The highest BCUT2D eigenvalue weighted by Gasteiger charge is 2.23. The van der Waals surface area contributed by atoms with Crippen LogP contribution in [0.1, 0.15) is 37.2 Å². The summed E-state index contributed by atoms with van der Waals surface area (Å²) >= 11 is 10.0. The van der Waals surface area contributed by atoms with E-state index < -0.39 is 0 Å². The Hall–Kier alpha value is -0.610. The second kappa shape index (κ2) is 4.58. The van der Waals surface area contributed by atoms with E-state index >= 15 is 0 Å². The number of fused-ring (bicyclic) bond motifs is 1. The van der Waals surface area contributed by atoms with E-state index in [0.29, 0.717) is 10.7 Å². The summed E-state index contributed by atoms with van der Waals surface area (Å²) in [6, 6.07) is 1.91. The fourth-order valence-corrected chi connectivity index (χ4v) is 3.35. The molecule has 5 heteroatoms. The number of rotatable bonds is 1. The van der Waals surface area contributed by atoms with Crippen LogP contribution >= 0.6 is 27.5 Å². The smallest absolute Gasteiger partial charge is 0.156 e. The molecule has 0 spiro atoms. The van der Waals surface area contributed by atoms with Gasteiger partial charge in [-0.25, -0.2) is 9.50 Å². The molecule has 90 valence electrons. The summed E-state index contributed by atoms with van der Waals surface area (Å²) < 4.78 is 1.81. The molecule has 0 aliphatic heterocycles. The predicted octanol–water partition coefficient (Wildman–Crippen LogP) is 3.80. The number of hydrogen-bond donors (Lipinski definition) is 0. The lowest BCUT2D eigenvalue weighted by Gasteiger charge is -2.26. The predicted molar refractivity (Wildman–Crippen MR) is 71.9 cm³/mol. The van der Waals surface area contributed by atoms with Gasteiger partial charge in [-0.15, -0.1) is 0 Å². The van der Waals surface area contributed by atoms with Crippen molar-refractivity contribution in [3.05, 3.63) is 29.2 Å². The van der Waals surface area contributed by atoms with Crippen LogP contribution in [0.15, 0.2) is 18.6 Å². The number of aromatic nitrogens is 3. The van der Waals surface area contributed by atoms with Crippen molar-refractivity contribution in [2.24, 2.45) is 0 Å². The zero-order chi connectivity index (χ0) is 11.8. The van der Waals surface area contributed by atoms with Crippen molar-refractivity contribution in [3.8, 4) is 0 Å². The van der Waals surface area contributed by atoms with Gasteiger partial charge in [0.05, 0.1) is 0 Å². The van der Waals surface area contributed by atoms with E-state index in [1.165, 1.54) is 31.2 Å². The first-order valence-corrected chi connectivity index (χ1v) is 7.16. The fourth-order valence-electron chi connectivity index (χ4n) is 2.52. The van der Waals surface area contributed by atoms with Crippen molar-refractivity contribution in [2.45, 2.75) is 36.4 Å². The minimum Gasteiger partial charge on any atom is -0.221 e. The van der Waals surface area contributed by atoms with Gasteiger partial charge in [0.25, 0.3) is 0 Å². The Morgan fingerprint density at radius 1 is 1.29 bits per heavy atom. The zero-order valence-corrected chi connectivity index (χ0v) is 11.7. The lowest BCUT2D eigenvalue weighted by atomic mass is 9.85. The van der Waals surface area contributed by atoms with Crippen LogP contribution in [0.5, 0.6) is 0 Å². The maximum Gasteiger partial charge on any atom is 0.156 e. The topological polar surface area (TPSA) is 30.2 Å². The van der Waals surface area contributed by atoms with Crippen LogP contribution in [-0.4, -0.2) is 19.4 Å². The van der Waals surface area contributed by atoms with Gasteiger partial charge >= 0.3 is 0 Å². The van der Waals surface area contributed by atoms with Crippen molar-refractivity contribution in [3.63, 3.8) is 0 Å². The first kappa shape index (κ1) is 11.5. The molecule has 0 atom stereocenters. The number of hydrogen-bond acceptors (Lipinski definition) is 2. The Morgan fingerprint density at radius 2 is 2.06 bits per heavy atom. The first-order valence-electron chi connectivity index (χ1n) is 5.87. The fraction of sp³-hybridized carbons (Fsp3) is 0.500. The van der Waals surface area contributed by atoms with Crippen LogP contribution in [-0.2, 0) is 0 Å². The molecule has 1 fully saturated rings. The third-order valence-corrected chi connectivity index (χ3v) is 4.73.